The molecule has 33 heavy (non-hydrogen) atoms. The van der Waals surface area contributed by atoms with Crippen molar-refractivity contribution in [2.24, 2.45) is 5.10 Å². The molecule has 0 spiro atoms. The molecule has 1 amide bonds. The van der Waals surface area contributed by atoms with E-state index >= 15 is 0 Å². The third kappa shape index (κ3) is 4.75. The monoisotopic (exact) mass is 467 g/mol. The van der Waals surface area contributed by atoms with Gasteiger partial charge in [0, 0.05) is 23.8 Å². The first-order chi connectivity index (χ1) is 15.9. The molecule has 1 aliphatic heterocycles. The number of amides is 1. The number of hydrogen-bond acceptors (Lipinski definition) is 6. The zero-order chi connectivity index (χ0) is 23.5. The molecule has 1 N–H and O–H groups in total. The van der Waals surface area contributed by atoms with Crippen molar-refractivity contribution >= 4 is 40.1 Å². The summed E-state index contributed by atoms with van der Waals surface area (Å²) in [6, 6.07) is 14.2. The van der Waals surface area contributed by atoms with E-state index in [1.165, 1.54) is 5.01 Å². The molecule has 0 aliphatic carbocycles. The van der Waals surface area contributed by atoms with Crippen LogP contribution in [0.3, 0.4) is 0 Å². The Balaban J connectivity index is 1.73. The molecule has 8 nitrogen and oxygen atoms in total. The van der Waals surface area contributed by atoms with Gasteiger partial charge in [0.05, 0.1) is 37.9 Å². The van der Waals surface area contributed by atoms with Gasteiger partial charge in [-0.2, -0.15) is 5.10 Å². The predicted octanol–water partition coefficient (Wildman–Crippen LogP) is 4.45. The van der Waals surface area contributed by atoms with E-state index in [4.69, 9.17) is 26.2 Å². The molecule has 2 heterocycles. The number of hydrogen-bond donors (Lipinski definition) is 1. The van der Waals surface area contributed by atoms with Crippen molar-refractivity contribution in [3.8, 4) is 11.5 Å². The van der Waals surface area contributed by atoms with E-state index in [1.54, 1.807) is 20.3 Å². The van der Waals surface area contributed by atoms with Gasteiger partial charge in [-0.25, -0.2) is 9.99 Å². The van der Waals surface area contributed by atoms with E-state index < -0.39 is 17.9 Å². The van der Waals surface area contributed by atoms with Crippen LogP contribution >= 0.6 is 11.6 Å². The Bertz CT molecular complexity index is 1240. The van der Waals surface area contributed by atoms with E-state index in [9.17, 15) is 9.59 Å². The standard InChI is InChI=1S/C24H22ClN3O5/c1-32-16-5-3-14(4-6-16)20-13-21(28(27-20)22(29)9-10-23(30)31)18-12-15-11-17(33-2)7-8-19(15)26-24(18)25/h3-8,11-12,21H,9-10,13H2,1-2H3,(H,30,31)/t21-/m0/s1. The van der Waals surface area contributed by atoms with Gasteiger partial charge in [0.2, 0.25) is 5.91 Å². The molecule has 170 valence electrons. The number of pyridine rings is 1. The lowest BCUT2D eigenvalue weighted by molar-refractivity contribution is -0.141. The molecule has 0 radical (unpaired) electrons. The molecule has 0 saturated heterocycles. The van der Waals surface area contributed by atoms with Crippen LogP contribution in [0.2, 0.25) is 5.15 Å². The fraction of sp³-hybridized carbons (Fsp3) is 0.250. The molecular formula is C24H22ClN3O5. The second-order valence-corrected chi connectivity index (χ2v) is 7.91. The second-order valence-electron chi connectivity index (χ2n) is 7.55. The first kappa shape index (κ1) is 22.5. The normalized spacial score (nSPS) is 15.4. The van der Waals surface area contributed by atoms with Crippen molar-refractivity contribution < 1.29 is 24.2 Å². The van der Waals surface area contributed by atoms with Crippen molar-refractivity contribution in [2.75, 3.05) is 14.2 Å². The number of fused-ring (bicyclic) bond motifs is 1. The number of carboxylic acid groups (broad SMARTS) is 1. The van der Waals surface area contributed by atoms with Crippen molar-refractivity contribution in [1.29, 1.82) is 0 Å². The topological polar surface area (TPSA) is 101 Å². The van der Waals surface area contributed by atoms with Crippen LogP contribution in [0.1, 0.15) is 36.4 Å². The van der Waals surface area contributed by atoms with Crippen LogP contribution in [0.15, 0.2) is 53.6 Å². The maximum atomic E-state index is 12.9. The quantitative estimate of drug-likeness (QED) is 0.515. The van der Waals surface area contributed by atoms with E-state index in [2.05, 4.69) is 10.1 Å². The molecule has 3 aromatic rings. The first-order valence-corrected chi connectivity index (χ1v) is 10.7. The second kappa shape index (κ2) is 9.46. The number of aromatic nitrogens is 1. The van der Waals surface area contributed by atoms with E-state index in [-0.39, 0.29) is 18.0 Å². The molecule has 0 fully saturated rings. The summed E-state index contributed by atoms with van der Waals surface area (Å²) in [5.74, 6) is -0.0590. The number of halogens is 1. The molecule has 0 bridgehead atoms. The number of nitrogens with zero attached hydrogens (tertiary/aromatic N) is 3. The summed E-state index contributed by atoms with van der Waals surface area (Å²) < 4.78 is 10.5. The van der Waals surface area contributed by atoms with Crippen LogP contribution < -0.4 is 9.47 Å². The van der Waals surface area contributed by atoms with Crippen LogP contribution in [-0.2, 0) is 9.59 Å². The Morgan fingerprint density at radius 1 is 1.06 bits per heavy atom. The van der Waals surface area contributed by atoms with Crippen molar-refractivity contribution in [2.45, 2.75) is 25.3 Å². The highest BCUT2D eigenvalue weighted by Gasteiger charge is 2.35. The third-order valence-electron chi connectivity index (χ3n) is 5.50. The zero-order valence-corrected chi connectivity index (χ0v) is 18.9. The summed E-state index contributed by atoms with van der Waals surface area (Å²) in [5, 5.41) is 16.0. The number of carbonyl (C=O) groups excluding carboxylic acids is 1. The summed E-state index contributed by atoms with van der Waals surface area (Å²) in [7, 11) is 3.17. The SMILES string of the molecule is COc1ccc(C2=NN(C(=O)CCC(=O)O)[C@H](c3cc4cc(OC)ccc4nc3Cl)C2)cc1. The first-order valence-electron chi connectivity index (χ1n) is 10.3. The minimum atomic E-state index is -1.05. The Labute approximate surface area is 195 Å². The van der Waals surface area contributed by atoms with Gasteiger partial charge in [0.25, 0.3) is 0 Å². The molecule has 0 saturated carbocycles. The smallest absolute Gasteiger partial charge is 0.303 e. The van der Waals surface area contributed by atoms with Crippen LogP contribution in [-0.4, -0.2) is 46.9 Å². The number of rotatable bonds is 7. The molecular weight excluding hydrogens is 446 g/mol. The lowest BCUT2D eigenvalue weighted by Crippen LogP contribution is -2.27. The molecule has 1 atom stereocenters. The van der Waals surface area contributed by atoms with Gasteiger partial charge in [-0.1, -0.05) is 11.6 Å². The fourth-order valence-corrected chi connectivity index (χ4v) is 4.05. The van der Waals surface area contributed by atoms with Crippen molar-refractivity contribution in [1.82, 2.24) is 9.99 Å². The number of benzene rings is 2. The maximum absolute atomic E-state index is 12.9. The number of carboxylic acids is 1. The third-order valence-corrected chi connectivity index (χ3v) is 5.81. The lowest BCUT2D eigenvalue weighted by atomic mass is 9.98. The lowest BCUT2D eigenvalue weighted by Gasteiger charge is -2.23. The van der Waals surface area contributed by atoms with E-state index in [1.807, 2.05) is 42.5 Å². The highest BCUT2D eigenvalue weighted by molar-refractivity contribution is 6.30. The fourth-order valence-electron chi connectivity index (χ4n) is 3.78. The molecule has 9 heteroatoms. The van der Waals surface area contributed by atoms with E-state index in [0.717, 1.165) is 10.9 Å². The summed E-state index contributed by atoms with van der Waals surface area (Å²) in [6.45, 7) is 0. The summed E-state index contributed by atoms with van der Waals surface area (Å²) in [5.41, 5.74) is 2.85. The van der Waals surface area contributed by atoms with E-state index in [0.29, 0.717) is 34.7 Å². The maximum Gasteiger partial charge on any atom is 0.303 e. The number of carbonyl (C=O) groups is 2. The number of methoxy groups -OCH3 is 2. The molecule has 1 aliphatic rings. The van der Waals surface area contributed by atoms with Gasteiger partial charge in [-0.15, -0.1) is 0 Å². The Morgan fingerprint density at radius 2 is 1.76 bits per heavy atom. The van der Waals surface area contributed by atoms with Gasteiger partial charge in [-0.05, 0) is 54.1 Å². The number of ether oxygens (including phenoxy) is 2. The van der Waals surface area contributed by atoms with Crippen LogP contribution in [0, 0.1) is 0 Å². The zero-order valence-electron chi connectivity index (χ0n) is 18.1. The molecule has 4 rings (SSSR count). The minimum Gasteiger partial charge on any atom is -0.497 e. The van der Waals surface area contributed by atoms with Gasteiger partial charge >= 0.3 is 5.97 Å². The molecule has 1 aromatic heterocycles. The average molecular weight is 468 g/mol. The predicted molar refractivity (Wildman–Crippen MR) is 124 cm³/mol. The molecule has 2 aromatic carbocycles. The van der Waals surface area contributed by atoms with Crippen LogP contribution in [0.5, 0.6) is 11.5 Å². The van der Waals surface area contributed by atoms with Gasteiger partial charge in [-0.3, -0.25) is 9.59 Å². The summed E-state index contributed by atoms with van der Waals surface area (Å²) in [6.07, 6.45) is -0.0456. The van der Waals surface area contributed by atoms with Crippen molar-refractivity contribution in [3.63, 3.8) is 0 Å². The highest BCUT2D eigenvalue weighted by Crippen LogP contribution is 2.38. The molecule has 0 unspecified atom stereocenters. The minimum absolute atomic E-state index is 0.169. The number of aliphatic carboxylic acids is 1. The summed E-state index contributed by atoms with van der Waals surface area (Å²) in [4.78, 5) is 28.4. The van der Waals surface area contributed by atoms with Gasteiger partial charge < -0.3 is 14.6 Å². The van der Waals surface area contributed by atoms with Crippen molar-refractivity contribution in [3.05, 3.63) is 64.8 Å². The average Bonchev–Trinajstić information content (AvgIpc) is 3.27. The van der Waals surface area contributed by atoms with Crippen LogP contribution in [0.25, 0.3) is 10.9 Å². The summed E-state index contributed by atoms with van der Waals surface area (Å²) >= 11 is 6.55. The van der Waals surface area contributed by atoms with Gasteiger partial charge in [0.15, 0.2) is 0 Å². The Kier molecular flexibility index (Phi) is 6.46. The Hall–Kier alpha value is -3.65. The largest absolute Gasteiger partial charge is 0.497 e. The highest BCUT2D eigenvalue weighted by atomic mass is 35.5. The van der Waals surface area contributed by atoms with Crippen LogP contribution in [0.4, 0.5) is 0 Å². The van der Waals surface area contributed by atoms with Gasteiger partial charge in [0.1, 0.15) is 16.7 Å². The Morgan fingerprint density at radius 3 is 2.42 bits per heavy atom. The number of hydrazone groups is 1.